The lowest BCUT2D eigenvalue weighted by Gasteiger charge is -2.32. The lowest BCUT2D eigenvalue weighted by atomic mass is 9.96. The van der Waals surface area contributed by atoms with Crippen molar-refractivity contribution in [3.8, 4) is 0 Å². The van der Waals surface area contributed by atoms with Crippen LogP contribution in [0, 0.1) is 12.8 Å². The molecule has 5 rings (SSSR count). The summed E-state index contributed by atoms with van der Waals surface area (Å²) in [7, 11) is 0. The van der Waals surface area contributed by atoms with Crippen LogP contribution in [0.1, 0.15) is 42.5 Å². The highest BCUT2D eigenvalue weighted by molar-refractivity contribution is 8.26. The number of aryl methyl sites for hydroxylation is 1. The predicted molar refractivity (Wildman–Crippen MR) is 150 cm³/mol. The molecular formula is C27H27N5O3S2. The van der Waals surface area contributed by atoms with E-state index in [1.54, 1.807) is 23.2 Å². The Morgan fingerprint density at radius 2 is 1.86 bits per heavy atom. The summed E-state index contributed by atoms with van der Waals surface area (Å²) in [4.78, 5) is 47.8. The first-order chi connectivity index (χ1) is 17.8. The molecule has 0 radical (unpaired) electrons. The molecule has 2 aliphatic heterocycles. The van der Waals surface area contributed by atoms with Crippen molar-refractivity contribution in [2.24, 2.45) is 11.7 Å². The van der Waals surface area contributed by atoms with Crippen LogP contribution < -0.4 is 16.2 Å². The summed E-state index contributed by atoms with van der Waals surface area (Å²) < 4.78 is 1.95. The molecule has 0 bridgehead atoms. The van der Waals surface area contributed by atoms with Gasteiger partial charge in [0.25, 0.3) is 11.5 Å². The molecule has 0 aliphatic carbocycles. The van der Waals surface area contributed by atoms with E-state index in [0.717, 1.165) is 11.1 Å². The van der Waals surface area contributed by atoms with Crippen LogP contribution >= 0.6 is 24.0 Å². The molecule has 8 nitrogen and oxygen atoms in total. The van der Waals surface area contributed by atoms with E-state index in [2.05, 4.69) is 0 Å². The van der Waals surface area contributed by atoms with Gasteiger partial charge in [-0.05, 0) is 50.0 Å². The summed E-state index contributed by atoms with van der Waals surface area (Å²) >= 11 is 6.77. The zero-order valence-corrected chi connectivity index (χ0v) is 22.2. The normalized spacial score (nSPS) is 18.7. The van der Waals surface area contributed by atoms with E-state index in [9.17, 15) is 14.4 Å². The Kier molecular flexibility index (Phi) is 6.87. The van der Waals surface area contributed by atoms with E-state index in [1.807, 2.05) is 55.1 Å². The zero-order valence-electron chi connectivity index (χ0n) is 20.6. The molecule has 1 atom stereocenters. The van der Waals surface area contributed by atoms with Crippen molar-refractivity contribution >= 4 is 57.7 Å². The maximum absolute atomic E-state index is 13.7. The Bertz CT molecular complexity index is 1490. The molecule has 2 fully saturated rings. The molecule has 0 saturated carbocycles. The van der Waals surface area contributed by atoms with Crippen molar-refractivity contribution in [2.75, 3.05) is 18.0 Å². The predicted octanol–water partition coefficient (Wildman–Crippen LogP) is 3.67. The van der Waals surface area contributed by atoms with Crippen LogP contribution in [-0.4, -0.2) is 43.5 Å². The smallest absolute Gasteiger partial charge is 0.267 e. The summed E-state index contributed by atoms with van der Waals surface area (Å²) in [5, 5.41) is 0. The molecule has 190 valence electrons. The lowest BCUT2D eigenvalue weighted by Crippen LogP contribution is -2.40. The van der Waals surface area contributed by atoms with Gasteiger partial charge in [-0.25, -0.2) is 4.98 Å². The van der Waals surface area contributed by atoms with Crippen LogP contribution in [0.5, 0.6) is 0 Å². The number of rotatable bonds is 5. The van der Waals surface area contributed by atoms with E-state index in [-0.39, 0.29) is 29.3 Å². The first-order valence-electron chi connectivity index (χ1n) is 12.1. The van der Waals surface area contributed by atoms with Crippen molar-refractivity contribution in [3.63, 3.8) is 0 Å². The number of primary amides is 1. The fourth-order valence-corrected chi connectivity index (χ4v) is 6.27. The zero-order chi connectivity index (χ0) is 26.3. The molecule has 2 amide bonds. The maximum atomic E-state index is 13.7. The van der Waals surface area contributed by atoms with E-state index in [0.29, 0.717) is 52.2 Å². The monoisotopic (exact) mass is 533 g/mol. The third kappa shape index (κ3) is 4.67. The van der Waals surface area contributed by atoms with Gasteiger partial charge in [0.15, 0.2) is 0 Å². The Morgan fingerprint density at radius 1 is 1.16 bits per heavy atom. The summed E-state index contributed by atoms with van der Waals surface area (Å²) in [6.07, 6.45) is 4.47. The minimum atomic E-state index is -0.307. The molecule has 37 heavy (non-hydrogen) atoms. The molecule has 2 N–H and O–H groups in total. The number of nitrogens with zero attached hydrogens (tertiary/aromatic N) is 4. The van der Waals surface area contributed by atoms with E-state index < -0.39 is 0 Å². The number of pyridine rings is 1. The molecule has 1 aromatic carbocycles. The van der Waals surface area contributed by atoms with Gasteiger partial charge in [0.2, 0.25) is 5.91 Å². The van der Waals surface area contributed by atoms with Crippen molar-refractivity contribution in [3.05, 3.63) is 80.6 Å². The van der Waals surface area contributed by atoms with Crippen LogP contribution in [0.25, 0.3) is 11.7 Å². The van der Waals surface area contributed by atoms with E-state index >= 15 is 0 Å². The van der Waals surface area contributed by atoms with Gasteiger partial charge >= 0.3 is 0 Å². The largest absolute Gasteiger partial charge is 0.369 e. The highest BCUT2D eigenvalue weighted by Crippen LogP contribution is 2.38. The number of aromatic nitrogens is 2. The van der Waals surface area contributed by atoms with Gasteiger partial charge in [-0.2, -0.15) is 0 Å². The summed E-state index contributed by atoms with van der Waals surface area (Å²) in [6.45, 7) is 4.91. The first-order valence-corrected chi connectivity index (χ1v) is 13.4. The number of nitrogens with two attached hydrogens (primary N) is 1. The molecule has 2 aliphatic rings. The summed E-state index contributed by atoms with van der Waals surface area (Å²) in [5.74, 6) is -0.237. The Balaban J connectivity index is 1.57. The summed E-state index contributed by atoms with van der Waals surface area (Å²) in [5.41, 5.74) is 7.98. The number of amides is 2. The molecular weight excluding hydrogens is 506 g/mol. The highest BCUT2D eigenvalue weighted by Gasteiger charge is 2.37. The first kappa shape index (κ1) is 25.2. The Hall–Kier alpha value is -3.50. The van der Waals surface area contributed by atoms with Crippen LogP contribution in [0.4, 0.5) is 5.82 Å². The number of carbonyl (C=O) groups is 2. The van der Waals surface area contributed by atoms with Crippen LogP contribution in [0.2, 0.25) is 0 Å². The number of hydrogen-bond donors (Lipinski definition) is 1. The number of hydrogen-bond acceptors (Lipinski definition) is 7. The minimum Gasteiger partial charge on any atom is -0.369 e. The second-order valence-electron chi connectivity index (χ2n) is 9.34. The number of benzene rings is 1. The fourth-order valence-electron chi connectivity index (χ4n) is 4.87. The van der Waals surface area contributed by atoms with Crippen LogP contribution in [0.15, 0.2) is 58.4 Å². The third-order valence-corrected chi connectivity index (χ3v) is 8.36. The maximum Gasteiger partial charge on any atom is 0.267 e. The van der Waals surface area contributed by atoms with E-state index in [4.69, 9.17) is 22.9 Å². The lowest BCUT2D eigenvalue weighted by molar-refractivity contribution is -0.123. The van der Waals surface area contributed by atoms with Crippen molar-refractivity contribution in [2.45, 2.75) is 32.7 Å². The molecule has 1 unspecified atom stereocenters. The van der Waals surface area contributed by atoms with Crippen molar-refractivity contribution in [1.29, 1.82) is 0 Å². The second-order valence-corrected chi connectivity index (χ2v) is 11.0. The Labute approximate surface area is 224 Å². The van der Waals surface area contributed by atoms with Gasteiger partial charge in [0.05, 0.1) is 16.5 Å². The standard InChI is InChI=1S/C27H27N5O3S2/c1-16-7-6-12-31-23(16)29-24(30-13-10-19(11-14-30)22(28)33)20(25(31)34)15-21-26(35)32(27(36)37-21)17(2)18-8-4-3-5-9-18/h3-9,12,15,17,19H,10-11,13-14H2,1-2H3,(H2,28,33)/b21-15+. The third-order valence-electron chi connectivity index (χ3n) is 7.03. The van der Waals surface area contributed by atoms with Gasteiger partial charge in [-0.3, -0.25) is 23.7 Å². The minimum absolute atomic E-state index is 0.196. The molecule has 3 aromatic rings. The number of thioether (sulfide) groups is 1. The number of anilines is 1. The second kappa shape index (κ2) is 10.1. The van der Waals surface area contributed by atoms with Crippen molar-refractivity contribution in [1.82, 2.24) is 14.3 Å². The molecule has 0 spiro atoms. The topological polar surface area (TPSA) is 101 Å². The molecule has 2 saturated heterocycles. The van der Waals surface area contributed by atoms with Gasteiger partial charge < -0.3 is 10.6 Å². The van der Waals surface area contributed by atoms with E-state index in [1.165, 1.54) is 16.2 Å². The molecule has 4 heterocycles. The fraction of sp³-hybridized carbons (Fsp3) is 0.296. The van der Waals surface area contributed by atoms with Crippen LogP contribution in [-0.2, 0) is 9.59 Å². The van der Waals surface area contributed by atoms with Crippen LogP contribution in [0.3, 0.4) is 0 Å². The highest BCUT2D eigenvalue weighted by atomic mass is 32.2. The molecule has 10 heteroatoms. The molecule has 2 aromatic heterocycles. The van der Waals surface area contributed by atoms with Crippen molar-refractivity contribution < 1.29 is 9.59 Å². The average Bonchev–Trinajstić information content (AvgIpc) is 3.18. The van der Waals surface area contributed by atoms with Gasteiger partial charge in [-0.1, -0.05) is 60.4 Å². The van der Waals surface area contributed by atoms with Gasteiger partial charge in [0, 0.05) is 25.2 Å². The quantitative estimate of drug-likeness (QED) is 0.395. The summed E-state index contributed by atoms with van der Waals surface area (Å²) in [6, 6.07) is 13.2. The number of fused-ring (bicyclic) bond motifs is 1. The number of thiocarbonyl (C=S) groups is 1. The van der Waals surface area contributed by atoms with Gasteiger partial charge in [0.1, 0.15) is 15.8 Å². The SMILES string of the molecule is Cc1cccn2c(=O)c(/C=C3/SC(=S)N(C(C)c4ccccc4)C3=O)c(N3CCC(C(N)=O)CC3)nc12. The number of piperidine rings is 1. The van der Waals surface area contributed by atoms with Gasteiger partial charge in [-0.15, -0.1) is 0 Å². The number of carbonyl (C=O) groups excluding carboxylic acids is 2. The average molecular weight is 534 g/mol. The Morgan fingerprint density at radius 3 is 2.54 bits per heavy atom.